The molecular formula is C59H56BrF3N10O3. The summed E-state index contributed by atoms with van der Waals surface area (Å²) in [7, 11) is 0. The van der Waals surface area contributed by atoms with Gasteiger partial charge >= 0.3 is 6.18 Å². The number of aryl methyl sites for hydroxylation is 2. The normalized spacial score (nSPS) is 24.3. The second-order valence-corrected chi connectivity index (χ2v) is 24.9. The van der Waals surface area contributed by atoms with Crippen molar-refractivity contribution in [2.24, 2.45) is 16.2 Å². The molecule has 17 heteroatoms. The molecule has 76 heavy (non-hydrogen) atoms. The van der Waals surface area contributed by atoms with Gasteiger partial charge in [-0.2, -0.15) is 28.5 Å². The Bertz CT molecular complexity index is 3700. The number of aromatic nitrogens is 7. The number of alkyl halides is 3. The number of fused-ring (bicyclic) bond motifs is 3. The summed E-state index contributed by atoms with van der Waals surface area (Å²) >= 11 is 3.88. The van der Waals surface area contributed by atoms with Gasteiger partial charge < -0.3 is 5.32 Å². The quantitative estimate of drug-likeness (QED) is 0.122. The zero-order valence-corrected chi connectivity index (χ0v) is 45.3. The molecule has 3 aliphatic heterocycles. The number of H-pyrrole nitrogens is 3. The fourth-order valence-corrected chi connectivity index (χ4v) is 14.4. The second kappa shape index (κ2) is 16.3. The van der Waals surface area contributed by atoms with E-state index in [4.69, 9.17) is 16.5 Å². The molecule has 0 saturated heterocycles. The van der Waals surface area contributed by atoms with Crippen LogP contribution in [-0.2, 0) is 25.2 Å². The lowest BCUT2D eigenvalue weighted by molar-refractivity contribution is -0.171. The number of hydrogen-bond donors (Lipinski definition) is 4. The van der Waals surface area contributed by atoms with Gasteiger partial charge in [0.15, 0.2) is 40.2 Å². The number of aromatic amines is 3. The number of anilines is 5. The standard InChI is InChI=1S/C59H56BrF3N10O3/c1-11-36-48-53(71-68-36)73(38-23-55(6,7)26-41(75)49(38)57(48,10)31-15-13-12-14-16-31)43-20-17-32(28-64-43)58(59(61,62)63)47-30(3)67-70-52(47)72(39-24-56(8,9)27-42(76)50(39)58)33-18-19-34(35(60)21-33)45-44-29(2)66-69-51(44)65-37-22-54(4,5)25-40(74)46(37)45/h1,12-21,28,45H,22-27H2,2-10H3,(H,67,70)(H,68,71)(H2,65,66,69)/t45-,57?,58?/m1/s1. The lowest BCUT2D eigenvalue weighted by atomic mass is 9.60. The molecule has 13 nitrogen and oxygen atoms in total. The van der Waals surface area contributed by atoms with E-state index in [-0.39, 0.29) is 70.4 Å². The molecule has 0 fully saturated rings. The highest BCUT2D eigenvalue weighted by Crippen LogP contribution is 2.64. The Balaban J connectivity index is 1.03. The summed E-state index contributed by atoms with van der Waals surface area (Å²) in [5.74, 6) is 2.78. The highest BCUT2D eigenvalue weighted by molar-refractivity contribution is 9.10. The number of carbonyl (C=O) groups is 3. The average Bonchev–Trinajstić information content (AvgIpc) is 4.21. The SMILES string of the molecule is C#Cc1[nH]nc2c1C(C)(c1ccccc1)C1=C(CC(C)(C)CC1=O)N2c1ccc(C2(C(F)(F)F)C3=C(CC(C)(C)CC3=O)N(c3ccc([C@H]4C5=C(CC(C)(C)CC5=O)Nc5n[nH]c(C)c54)c(Br)c3)c3n[nH]c(C)c32)cn1. The smallest absolute Gasteiger partial charge is 0.342 e. The van der Waals surface area contributed by atoms with Crippen molar-refractivity contribution in [2.75, 3.05) is 15.1 Å². The molecular weight excluding hydrogens is 1030 g/mol. The van der Waals surface area contributed by atoms with E-state index >= 15 is 18.0 Å². The number of allylic oxidation sites excluding steroid dienone is 6. The highest BCUT2D eigenvalue weighted by atomic mass is 79.9. The number of terminal acetylenes is 1. The van der Waals surface area contributed by atoms with Crippen molar-refractivity contribution in [2.45, 2.75) is 124 Å². The molecule has 0 amide bonds. The molecule has 2 unspecified atom stereocenters. The van der Waals surface area contributed by atoms with Crippen LogP contribution in [0.1, 0.15) is 143 Å². The number of benzene rings is 2. The van der Waals surface area contributed by atoms with Crippen molar-refractivity contribution in [3.63, 3.8) is 0 Å². The summed E-state index contributed by atoms with van der Waals surface area (Å²) in [6, 6.07) is 18.1. The number of hydrogen-bond acceptors (Lipinski definition) is 10. The zero-order valence-electron chi connectivity index (χ0n) is 43.7. The van der Waals surface area contributed by atoms with Gasteiger partial charge in [-0.25, -0.2) is 4.98 Å². The van der Waals surface area contributed by atoms with Crippen LogP contribution in [0.15, 0.2) is 105 Å². The third kappa shape index (κ3) is 6.93. The monoisotopic (exact) mass is 1090 g/mol. The molecule has 0 spiro atoms. The molecule has 2 aromatic carbocycles. The first-order chi connectivity index (χ1) is 35.8. The zero-order chi connectivity index (χ0) is 54.0. The van der Waals surface area contributed by atoms with Crippen molar-refractivity contribution in [1.82, 2.24) is 35.6 Å². The summed E-state index contributed by atoms with van der Waals surface area (Å²) in [5.41, 5.74) is 1.09. The van der Waals surface area contributed by atoms with Gasteiger partial charge in [0.25, 0.3) is 0 Å². The van der Waals surface area contributed by atoms with Gasteiger partial charge in [0, 0.05) is 103 Å². The van der Waals surface area contributed by atoms with Crippen molar-refractivity contribution in [3.8, 4) is 12.3 Å². The van der Waals surface area contributed by atoms with Crippen LogP contribution in [0, 0.1) is 42.4 Å². The second-order valence-electron chi connectivity index (χ2n) is 24.0. The number of ketones is 3. The van der Waals surface area contributed by atoms with E-state index in [1.165, 1.54) is 18.3 Å². The Morgan fingerprint density at radius 2 is 1.32 bits per heavy atom. The fourth-order valence-electron chi connectivity index (χ4n) is 13.8. The van der Waals surface area contributed by atoms with E-state index in [1.807, 2.05) is 90.1 Å². The van der Waals surface area contributed by atoms with Crippen LogP contribution in [0.4, 0.5) is 42.1 Å². The third-order valence-electron chi connectivity index (χ3n) is 16.7. The van der Waals surface area contributed by atoms with E-state index in [0.29, 0.717) is 69.2 Å². The van der Waals surface area contributed by atoms with Gasteiger partial charge in [0.05, 0.1) is 5.41 Å². The maximum absolute atomic E-state index is 17.2. The minimum atomic E-state index is -5.11. The van der Waals surface area contributed by atoms with Crippen molar-refractivity contribution >= 4 is 62.2 Å². The van der Waals surface area contributed by atoms with E-state index in [1.54, 1.807) is 16.7 Å². The highest BCUT2D eigenvalue weighted by Gasteiger charge is 2.68. The lowest BCUT2D eigenvalue weighted by Crippen LogP contribution is -2.54. The van der Waals surface area contributed by atoms with Crippen LogP contribution in [0.2, 0.25) is 0 Å². The van der Waals surface area contributed by atoms with Gasteiger partial charge in [-0.3, -0.25) is 39.5 Å². The summed E-state index contributed by atoms with van der Waals surface area (Å²) < 4.78 is 52.3. The Labute approximate surface area is 446 Å². The molecule has 4 aromatic heterocycles. The summed E-state index contributed by atoms with van der Waals surface area (Å²) in [6.45, 7) is 17.4. The van der Waals surface area contributed by atoms with E-state index < -0.39 is 45.1 Å². The maximum atomic E-state index is 17.2. The van der Waals surface area contributed by atoms with E-state index in [0.717, 1.165) is 28.1 Å². The number of Topliss-reactive ketones (excluding diaryl/α,β-unsaturated/α-hetero) is 3. The van der Waals surface area contributed by atoms with Crippen molar-refractivity contribution < 1.29 is 27.6 Å². The maximum Gasteiger partial charge on any atom is 0.406 e. The molecule has 0 saturated carbocycles. The number of carbonyl (C=O) groups excluding carboxylic acids is 3. The van der Waals surface area contributed by atoms with Gasteiger partial charge in [-0.1, -0.05) is 106 Å². The number of rotatable bonds is 5. The molecule has 6 aliphatic rings. The lowest BCUT2D eigenvalue weighted by Gasteiger charge is -2.49. The molecule has 3 aliphatic carbocycles. The molecule has 0 radical (unpaired) electrons. The van der Waals surface area contributed by atoms with Gasteiger partial charge in [-0.05, 0) is 91.2 Å². The molecule has 3 atom stereocenters. The number of pyridine rings is 1. The third-order valence-corrected chi connectivity index (χ3v) is 17.4. The van der Waals surface area contributed by atoms with Gasteiger partial charge in [0.1, 0.15) is 11.5 Å². The first-order valence-corrected chi connectivity index (χ1v) is 26.3. The first kappa shape index (κ1) is 49.6. The molecule has 0 bridgehead atoms. The minimum Gasteiger partial charge on any atom is -0.342 e. The number of nitrogens with zero attached hydrogens (tertiary/aromatic N) is 6. The van der Waals surface area contributed by atoms with Crippen molar-refractivity contribution in [1.29, 1.82) is 0 Å². The summed E-state index contributed by atoms with van der Waals surface area (Å²) in [4.78, 5) is 52.3. The minimum absolute atomic E-state index is 0.00993. The number of halogens is 4. The molecule has 6 aromatic rings. The van der Waals surface area contributed by atoms with Crippen LogP contribution in [-0.4, -0.2) is 59.1 Å². The summed E-state index contributed by atoms with van der Waals surface area (Å²) in [5, 5.41) is 26.5. The summed E-state index contributed by atoms with van der Waals surface area (Å²) in [6.07, 6.45) is 3.89. The van der Waals surface area contributed by atoms with Crippen LogP contribution in [0.25, 0.3) is 0 Å². The van der Waals surface area contributed by atoms with Gasteiger partial charge in [-0.15, -0.1) is 6.42 Å². The Morgan fingerprint density at radius 1 is 0.697 bits per heavy atom. The van der Waals surface area contributed by atoms with Crippen LogP contribution >= 0.6 is 15.9 Å². The molecule has 12 rings (SSSR count). The van der Waals surface area contributed by atoms with Crippen LogP contribution < -0.4 is 15.1 Å². The largest absolute Gasteiger partial charge is 0.406 e. The number of nitrogens with one attached hydrogen (secondary N) is 4. The van der Waals surface area contributed by atoms with E-state index in [9.17, 15) is 9.59 Å². The average molecular weight is 1090 g/mol. The topological polar surface area (TPSA) is 169 Å². The molecule has 388 valence electrons. The fraction of sp³-hybridized carbons (Fsp3) is 0.373. The van der Waals surface area contributed by atoms with Crippen molar-refractivity contribution in [3.05, 3.63) is 156 Å². The molecule has 4 N–H and O–H groups in total. The Hall–Kier alpha value is -7.32. The predicted molar refractivity (Wildman–Crippen MR) is 286 cm³/mol. The van der Waals surface area contributed by atoms with E-state index in [2.05, 4.69) is 66.5 Å². The predicted octanol–water partition coefficient (Wildman–Crippen LogP) is 12.6. The van der Waals surface area contributed by atoms with Gasteiger partial charge in [0.2, 0.25) is 0 Å². The van der Waals surface area contributed by atoms with Crippen LogP contribution in [0.5, 0.6) is 0 Å². The Kier molecular flexibility index (Phi) is 10.7. The first-order valence-electron chi connectivity index (χ1n) is 25.5. The molecule has 7 heterocycles. The van der Waals surface area contributed by atoms with Crippen LogP contribution in [0.3, 0.4) is 0 Å². The Morgan fingerprint density at radius 3 is 1.96 bits per heavy atom.